The molecule has 1 amide bonds. The Balaban J connectivity index is 1.95. The maximum Gasteiger partial charge on any atom is 0.256 e. The highest BCUT2D eigenvalue weighted by Gasteiger charge is 2.37. The zero-order valence-electron chi connectivity index (χ0n) is 10.3. The fourth-order valence-electron chi connectivity index (χ4n) is 2.62. The van der Waals surface area contributed by atoms with Gasteiger partial charge in [0.25, 0.3) is 5.91 Å². The van der Waals surface area contributed by atoms with Crippen molar-refractivity contribution in [3.8, 4) is 6.07 Å². The molecule has 1 unspecified atom stereocenters. The SMILES string of the molecule is N#Cc1ccc(N2N=C3CCCCC3C2=O)cc1F. The number of nitrogens with zero attached hydrogens (tertiary/aromatic N) is 3. The molecule has 19 heavy (non-hydrogen) atoms. The minimum absolute atomic E-state index is 0.0273. The average Bonchev–Trinajstić information content (AvgIpc) is 2.77. The van der Waals surface area contributed by atoms with Gasteiger partial charge < -0.3 is 0 Å². The van der Waals surface area contributed by atoms with E-state index in [4.69, 9.17) is 5.26 Å². The van der Waals surface area contributed by atoms with Gasteiger partial charge in [-0.3, -0.25) is 4.79 Å². The number of halogens is 1. The van der Waals surface area contributed by atoms with Crippen LogP contribution >= 0.6 is 0 Å². The fraction of sp³-hybridized carbons (Fsp3) is 0.357. The van der Waals surface area contributed by atoms with Crippen LogP contribution in [0.2, 0.25) is 0 Å². The predicted octanol–water partition coefficient (Wildman–Crippen LogP) is 2.59. The minimum atomic E-state index is -0.622. The highest BCUT2D eigenvalue weighted by molar-refractivity contribution is 6.15. The van der Waals surface area contributed by atoms with Crippen LogP contribution in [0.25, 0.3) is 0 Å². The second-order valence-corrected chi connectivity index (χ2v) is 4.82. The second kappa shape index (κ2) is 4.47. The number of carbonyl (C=O) groups is 1. The van der Waals surface area contributed by atoms with Gasteiger partial charge in [0.1, 0.15) is 11.9 Å². The van der Waals surface area contributed by atoms with Gasteiger partial charge in [-0.15, -0.1) is 0 Å². The molecule has 1 fully saturated rings. The maximum atomic E-state index is 13.6. The molecule has 3 rings (SSSR count). The van der Waals surface area contributed by atoms with Crippen molar-refractivity contribution in [2.75, 3.05) is 5.01 Å². The van der Waals surface area contributed by atoms with Gasteiger partial charge >= 0.3 is 0 Å². The molecule has 0 bridgehead atoms. The van der Waals surface area contributed by atoms with Crippen molar-refractivity contribution in [2.24, 2.45) is 11.0 Å². The summed E-state index contributed by atoms with van der Waals surface area (Å²) in [6, 6.07) is 5.88. The zero-order valence-corrected chi connectivity index (χ0v) is 10.3. The number of hydrogen-bond donors (Lipinski definition) is 0. The number of fused-ring (bicyclic) bond motifs is 1. The van der Waals surface area contributed by atoms with Gasteiger partial charge in [-0.05, 0) is 31.4 Å². The van der Waals surface area contributed by atoms with Crippen LogP contribution in [-0.2, 0) is 4.79 Å². The van der Waals surface area contributed by atoms with E-state index in [-0.39, 0.29) is 17.4 Å². The van der Waals surface area contributed by atoms with E-state index >= 15 is 0 Å². The quantitative estimate of drug-likeness (QED) is 0.776. The van der Waals surface area contributed by atoms with Gasteiger partial charge in [-0.2, -0.15) is 10.4 Å². The Morgan fingerprint density at radius 3 is 2.95 bits per heavy atom. The molecule has 5 heteroatoms. The summed E-state index contributed by atoms with van der Waals surface area (Å²) in [7, 11) is 0. The van der Waals surface area contributed by atoms with E-state index in [9.17, 15) is 9.18 Å². The molecular weight excluding hydrogens is 245 g/mol. The van der Waals surface area contributed by atoms with Gasteiger partial charge in [0.15, 0.2) is 0 Å². The molecule has 0 N–H and O–H groups in total. The lowest BCUT2D eigenvalue weighted by molar-refractivity contribution is -0.120. The first-order valence-electron chi connectivity index (χ1n) is 6.31. The molecule has 1 atom stereocenters. The lowest BCUT2D eigenvalue weighted by Crippen LogP contribution is -2.28. The largest absolute Gasteiger partial charge is 0.272 e. The number of carbonyl (C=O) groups excluding carboxylic acids is 1. The third kappa shape index (κ3) is 1.89. The second-order valence-electron chi connectivity index (χ2n) is 4.82. The number of amides is 1. The fourth-order valence-corrected chi connectivity index (χ4v) is 2.62. The summed E-state index contributed by atoms with van der Waals surface area (Å²) >= 11 is 0. The van der Waals surface area contributed by atoms with Crippen molar-refractivity contribution in [1.29, 1.82) is 5.26 Å². The normalized spacial score (nSPS) is 21.9. The van der Waals surface area contributed by atoms with Crippen LogP contribution in [0.15, 0.2) is 23.3 Å². The number of nitriles is 1. The molecule has 1 aromatic rings. The molecule has 0 spiro atoms. The number of rotatable bonds is 1. The minimum Gasteiger partial charge on any atom is -0.272 e. The molecule has 1 saturated carbocycles. The summed E-state index contributed by atoms with van der Waals surface area (Å²) in [6.07, 6.45) is 3.75. The van der Waals surface area contributed by atoms with Gasteiger partial charge in [0, 0.05) is 6.07 Å². The highest BCUT2D eigenvalue weighted by Crippen LogP contribution is 2.32. The van der Waals surface area contributed by atoms with Gasteiger partial charge in [0.05, 0.1) is 22.9 Å². The Morgan fingerprint density at radius 2 is 2.26 bits per heavy atom. The number of anilines is 1. The van der Waals surface area contributed by atoms with E-state index in [2.05, 4.69) is 5.10 Å². The first-order chi connectivity index (χ1) is 9.20. The molecule has 96 valence electrons. The van der Waals surface area contributed by atoms with Crippen molar-refractivity contribution in [1.82, 2.24) is 0 Å². The Kier molecular flexibility index (Phi) is 2.79. The highest BCUT2D eigenvalue weighted by atomic mass is 19.1. The lowest BCUT2D eigenvalue weighted by atomic mass is 9.87. The van der Waals surface area contributed by atoms with E-state index in [1.165, 1.54) is 17.1 Å². The smallest absolute Gasteiger partial charge is 0.256 e. The van der Waals surface area contributed by atoms with Crippen LogP contribution in [0, 0.1) is 23.1 Å². The summed E-state index contributed by atoms with van der Waals surface area (Å²) in [5, 5.41) is 14.3. The van der Waals surface area contributed by atoms with E-state index in [1.54, 1.807) is 12.1 Å². The first-order valence-corrected chi connectivity index (χ1v) is 6.31. The Hall–Kier alpha value is -2.22. The molecule has 0 radical (unpaired) electrons. The monoisotopic (exact) mass is 257 g/mol. The molecule has 2 aliphatic rings. The lowest BCUT2D eigenvalue weighted by Gasteiger charge is -2.17. The molecule has 1 aliphatic carbocycles. The zero-order chi connectivity index (χ0) is 13.4. The molecular formula is C14H12FN3O. The topological polar surface area (TPSA) is 56.5 Å². The summed E-state index contributed by atoms with van der Waals surface area (Å²) in [5.41, 5.74) is 1.27. The van der Waals surface area contributed by atoms with Crippen molar-refractivity contribution in [2.45, 2.75) is 25.7 Å². The standard InChI is InChI=1S/C14H12FN3O/c15-12-7-10(6-5-9(12)8-16)18-14(19)11-3-1-2-4-13(11)17-18/h5-7,11H,1-4H2. The summed E-state index contributed by atoms with van der Waals surface area (Å²) < 4.78 is 13.6. The van der Waals surface area contributed by atoms with Crippen LogP contribution in [0.5, 0.6) is 0 Å². The summed E-state index contributed by atoms with van der Waals surface area (Å²) in [5.74, 6) is -0.839. The third-order valence-corrected chi connectivity index (χ3v) is 3.63. The van der Waals surface area contributed by atoms with Crippen LogP contribution in [0.1, 0.15) is 31.2 Å². The molecule has 4 nitrogen and oxygen atoms in total. The van der Waals surface area contributed by atoms with Crippen molar-refractivity contribution < 1.29 is 9.18 Å². The van der Waals surface area contributed by atoms with Gasteiger partial charge in [0.2, 0.25) is 0 Å². The molecule has 0 aromatic heterocycles. The third-order valence-electron chi connectivity index (χ3n) is 3.63. The Morgan fingerprint density at radius 1 is 1.42 bits per heavy atom. The molecule has 1 aliphatic heterocycles. The average molecular weight is 257 g/mol. The number of benzene rings is 1. The Labute approximate surface area is 110 Å². The van der Waals surface area contributed by atoms with Crippen LogP contribution in [-0.4, -0.2) is 11.6 Å². The van der Waals surface area contributed by atoms with Crippen molar-refractivity contribution in [3.63, 3.8) is 0 Å². The van der Waals surface area contributed by atoms with Crippen LogP contribution < -0.4 is 5.01 Å². The van der Waals surface area contributed by atoms with Crippen LogP contribution in [0.4, 0.5) is 10.1 Å². The summed E-state index contributed by atoms with van der Waals surface area (Å²) in [4.78, 5) is 12.2. The predicted molar refractivity (Wildman–Crippen MR) is 68.0 cm³/mol. The van der Waals surface area contributed by atoms with Crippen molar-refractivity contribution in [3.05, 3.63) is 29.6 Å². The maximum absolute atomic E-state index is 13.6. The summed E-state index contributed by atoms with van der Waals surface area (Å²) in [6.45, 7) is 0. The van der Waals surface area contributed by atoms with Crippen molar-refractivity contribution >= 4 is 17.3 Å². The Bertz CT molecular complexity index is 618. The van der Waals surface area contributed by atoms with Crippen LogP contribution in [0.3, 0.4) is 0 Å². The molecule has 0 saturated heterocycles. The first kappa shape index (κ1) is 11.8. The molecule has 1 aromatic carbocycles. The number of hydrazone groups is 1. The van der Waals surface area contributed by atoms with E-state index < -0.39 is 5.82 Å². The molecule has 1 heterocycles. The van der Waals surface area contributed by atoms with E-state index in [1.807, 2.05) is 0 Å². The van der Waals surface area contributed by atoms with Gasteiger partial charge in [-0.1, -0.05) is 6.42 Å². The van der Waals surface area contributed by atoms with Gasteiger partial charge in [-0.25, -0.2) is 9.40 Å². The van der Waals surface area contributed by atoms with E-state index in [0.29, 0.717) is 5.69 Å². The number of hydrogen-bond acceptors (Lipinski definition) is 3. The van der Waals surface area contributed by atoms with E-state index in [0.717, 1.165) is 31.4 Å².